The minimum absolute atomic E-state index is 0.197. The predicted molar refractivity (Wildman–Crippen MR) is 89.6 cm³/mol. The summed E-state index contributed by atoms with van der Waals surface area (Å²) in [6, 6.07) is 3.81. The van der Waals surface area contributed by atoms with Crippen molar-refractivity contribution in [1.29, 1.82) is 0 Å². The van der Waals surface area contributed by atoms with Crippen LogP contribution in [-0.4, -0.2) is 11.0 Å². The minimum atomic E-state index is -0.318. The number of benzene rings is 1. The lowest BCUT2D eigenvalue weighted by atomic mass is 9.79. The van der Waals surface area contributed by atoms with Gasteiger partial charge in [-0.1, -0.05) is 26.1 Å². The van der Waals surface area contributed by atoms with Crippen LogP contribution in [0.3, 0.4) is 0 Å². The topological polar surface area (TPSA) is 38.0 Å². The van der Waals surface area contributed by atoms with Crippen molar-refractivity contribution >= 4 is 38.8 Å². The fraction of sp³-hybridized carbons (Fsp3) is 0.533. The second-order valence-electron chi connectivity index (χ2n) is 5.76. The van der Waals surface area contributed by atoms with E-state index in [0.29, 0.717) is 27.7 Å². The highest BCUT2D eigenvalue weighted by atomic mass is 79.9. The van der Waals surface area contributed by atoms with Gasteiger partial charge in [-0.05, 0) is 59.2 Å². The Hall–Kier alpha value is -0.680. The number of thiocarbonyl (C=S) groups is 1. The number of nitrogens with two attached hydrogens (primary N) is 1. The third-order valence-corrected chi connectivity index (χ3v) is 5.30. The molecule has 0 amide bonds. The van der Waals surface area contributed by atoms with Gasteiger partial charge in [-0.2, -0.15) is 0 Å². The Labute approximate surface area is 133 Å². The van der Waals surface area contributed by atoms with Crippen LogP contribution in [0.1, 0.15) is 38.7 Å². The lowest BCUT2D eigenvalue weighted by Crippen LogP contribution is -2.30. The summed E-state index contributed by atoms with van der Waals surface area (Å²) in [6.45, 7) is 4.55. The van der Waals surface area contributed by atoms with Gasteiger partial charge in [0.25, 0.3) is 0 Å². The highest BCUT2D eigenvalue weighted by Gasteiger charge is 2.25. The smallest absolute Gasteiger partial charge is 0.161 e. The number of nitrogens with one attached hydrogen (secondary N) is 1. The van der Waals surface area contributed by atoms with E-state index in [1.807, 2.05) is 0 Å². The molecular weight excluding hydrogens is 339 g/mol. The minimum Gasteiger partial charge on any atom is -0.389 e. The molecule has 5 heteroatoms. The first kappa shape index (κ1) is 15.7. The molecule has 2 rings (SSSR count). The standard InChI is InChI=1S/C15H20BrFN2S/c1-8-3-4-10(7-9(8)2)19-12-6-5-11(15(18)20)13(16)14(12)17/h5-6,8-10,19H,3-4,7H2,1-2H3,(H2,18,20). The van der Waals surface area contributed by atoms with E-state index in [2.05, 4.69) is 35.1 Å². The van der Waals surface area contributed by atoms with E-state index >= 15 is 0 Å². The van der Waals surface area contributed by atoms with Crippen molar-refractivity contribution < 1.29 is 4.39 Å². The lowest BCUT2D eigenvalue weighted by Gasteiger charge is -2.33. The molecule has 1 aliphatic rings. The Bertz CT molecular complexity index is 521. The van der Waals surface area contributed by atoms with Crippen LogP contribution in [0.25, 0.3) is 0 Å². The molecule has 1 aliphatic carbocycles. The van der Waals surface area contributed by atoms with Gasteiger partial charge in [0.2, 0.25) is 0 Å². The van der Waals surface area contributed by atoms with E-state index in [1.165, 1.54) is 6.42 Å². The van der Waals surface area contributed by atoms with Gasteiger partial charge in [0.15, 0.2) is 5.82 Å². The maximum atomic E-state index is 14.3. The Morgan fingerprint density at radius 2 is 2.05 bits per heavy atom. The summed E-state index contributed by atoms with van der Waals surface area (Å²) in [5.74, 6) is 1.10. The third-order valence-electron chi connectivity index (χ3n) is 4.31. The number of hydrogen-bond donors (Lipinski definition) is 2. The predicted octanol–water partition coefficient (Wildman–Crippen LogP) is 4.46. The van der Waals surface area contributed by atoms with E-state index < -0.39 is 0 Å². The number of hydrogen-bond acceptors (Lipinski definition) is 2. The fourth-order valence-corrected chi connectivity index (χ4v) is 3.61. The molecule has 3 unspecified atom stereocenters. The fourth-order valence-electron chi connectivity index (χ4n) is 2.75. The molecule has 0 radical (unpaired) electrons. The average Bonchev–Trinajstić information content (AvgIpc) is 2.39. The van der Waals surface area contributed by atoms with E-state index in [-0.39, 0.29) is 10.8 Å². The van der Waals surface area contributed by atoms with Gasteiger partial charge in [-0.3, -0.25) is 0 Å². The van der Waals surface area contributed by atoms with Gasteiger partial charge in [0.05, 0.1) is 10.2 Å². The highest BCUT2D eigenvalue weighted by molar-refractivity contribution is 9.10. The molecule has 1 aromatic carbocycles. The highest BCUT2D eigenvalue weighted by Crippen LogP contribution is 2.33. The molecule has 1 saturated carbocycles. The molecule has 3 N–H and O–H groups in total. The van der Waals surface area contributed by atoms with Crippen LogP contribution >= 0.6 is 28.1 Å². The summed E-state index contributed by atoms with van der Waals surface area (Å²) < 4.78 is 14.7. The zero-order valence-electron chi connectivity index (χ0n) is 11.7. The monoisotopic (exact) mass is 358 g/mol. The van der Waals surface area contributed by atoms with Gasteiger partial charge < -0.3 is 11.1 Å². The maximum absolute atomic E-state index is 14.3. The van der Waals surface area contributed by atoms with Crippen molar-refractivity contribution in [2.75, 3.05) is 5.32 Å². The van der Waals surface area contributed by atoms with E-state index in [9.17, 15) is 4.39 Å². The summed E-state index contributed by atoms with van der Waals surface area (Å²) in [6.07, 6.45) is 3.35. The number of rotatable bonds is 3. The molecule has 20 heavy (non-hydrogen) atoms. The molecule has 0 heterocycles. The Morgan fingerprint density at radius 3 is 2.65 bits per heavy atom. The number of halogens is 2. The Morgan fingerprint density at radius 1 is 1.35 bits per heavy atom. The van der Waals surface area contributed by atoms with Gasteiger partial charge >= 0.3 is 0 Å². The van der Waals surface area contributed by atoms with E-state index in [1.54, 1.807) is 12.1 Å². The molecule has 0 aliphatic heterocycles. The van der Waals surface area contributed by atoms with Crippen molar-refractivity contribution in [3.63, 3.8) is 0 Å². The largest absolute Gasteiger partial charge is 0.389 e. The van der Waals surface area contributed by atoms with Crippen LogP contribution in [0.2, 0.25) is 0 Å². The Kier molecular flexibility index (Phi) is 5.02. The van der Waals surface area contributed by atoms with Crippen LogP contribution in [-0.2, 0) is 0 Å². The molecule has 0 bridgehead atoms. The van der Waals surface area contributed by atoms with Crippen LogP contribution in [0.15, 0.2) is 16.6 Å². The van der Waals surface area contributed by atoms with Gasteiger partial charge in [0.1, 0.15) is 4.99 Å². The van der Waals surface area contributed by atoms with Crippen LogP contribution < -0.4 is 11.1 Å². The second kappa shape index (κ2) is 6.39. The quantitative estimate of drug-likeness (QED) is 0.783. The summed E-state index contributed by atoms with van der Waals surface area (Å²) >= 11 is 8.14. The van der Waals surface area contributed by atoms with Crippen LogP contribution in [0.5, 0.6) is 0 Å². The van der Waals surface area contributed by atoms with Gasteiger partial charge in [0, 0.05) is 11.6 Å². The van der Waals surface area contributed by atoms with Crippen molar-refractivity contribution in [3.05, 3.63) is 28.0 Å². The maximum Gasteiger partial charge on any atom is 0.161 e. The van der Waals surface area contributed by atoms with Crippen molar-refractivity contribution in [1.82, 2.24) is 0 Å². The van der Waals surface area contributed by atoms with Crippen molar-refractivity contribution in [2.45, 2.75) is 39.2 Å². The summed E-state index contributed by atoms with van der Waals surface area (Å²) in [5.41, 5.74) is 6.62. The first-order chi connectivity index (χ1) is 9.40. The zero-order chi connectivity index (χ0) is 14.9. The van der Waals surface area contributed by atoms with Crippen molar-refractivity contribution in [3.8, 4) is 0 Å². The summed E-state index contributed by atoms with van der Waals surface area (Å²) in [7, 11) is 0. The molecule has 2 nitrogen and oxygen atoms in total. The lowest BCUT2D eigenvalue weighted by molar-refractivity contribution is 0.260. The molecule has 1 fully saturated rings. The first-order valence-corrected chi connectivity index (χ1v) is 8.14. The van der Waals surface area contributed by atoms with Crippen LogP contribution in [0.4, 0.5) is 10.1 Å². The molecule has 0 aromatic heterocycles. The van der Waals surface area contributed by atoms with Crippen molar-refractivity contribution in [2.24, 2.45) is 17.6 Å². The molecule has 1 aromatic rings. The van der Waals surface area contributed by atoms with E-state index in [4.69, 9.17) is 18.0 Å². The van der Waals surface area contributed by atoms with Crippen LogP contribution in [0, 0.1) is 17.7 Å². The van der Waals surface area contributed by atoms with Gasteiger partial charge in [-0.15, -0.1) is 0 Å². The molecule has 0 spiro atoms. The molecule has 110 valence electrons. The van der Waals surface area contributed by atoms with E-state index in [0.717, 1.165) is 18.8 Å². The van der Waals surface area contributed by atoms with Gasteiger partial charge in [-0.25, -0.2) is 4.39 Å². The molecule has 3 atom stereocenters. The summed E-state index contributed by atoms with van der Waals surface area (Å²) in [5, 5.41) is 3.32. The molecule has 0 saturated heterocycles. The SMILES string of the molecule is CC1CCC(Nc2ccc(C(N)=S)c(Br)c2F)CC1C. The Balaban J connectivity index is 2.14. The number of anilines is 1. The molecular formula is C15H20BrFN2S. The third kappa shape index (κ3) is 3.31. The normalized spacial score (nSPS) is 26.3. The second-order valence-corrected chi connectivity index (χ2v) is 6.99. The zero-order valence-corrected chi connectivity index (χ0v) is 14.2. The first-order valence-electron chi connectivity index (χ1n) is 6.94. The summed E-state index contributed by atoms with van der Waals surface area (Å²) in [4.78, 5) is 0.197. The average molecular weight is 359 g/mol.